The van der Waals surface area contributed by atoms with Gasteiger partial charge in [0.05, 0.1) is 23.0 Å². The smallest absolute Gasteiger partial charge is 0.262 e. The van der Waals surface area contributed by atoms with Crippen molar-refractivity contribution in [2.75, 3.05) is 13.2 Å². The third-order valence-electron chi connectivity index (χ3n) is 7.70. The average Bonchev–Trinajstić information content (AvgIpc) is 2.95. The molecule has 7 rings (SSSR count). The molecule has 4 aromatic carbocycles. The molecule has 3 aliphatic rings. The van der Waals surface area contributed by atoms with Crippen molar-refractivity contribution in [3.8, 4) is 0 Å². The lowest BCUT2D eigenvalue weighted by atomic mass is 9.61. The minimum Gasteiger partial charge on any atom is -0.262 e. The highest BCUT2D eigenvalue weighted by molar-refractivity contribution is 7.87. The lowest BCUT2D eigenvalue weighted by Crippen LogP contribution is -2.32. The minimum atomic E-state index is -4.06. The fraction of sp³-hybridized carbons (Fsp3) is 0.188. The molecule has 0 radical (unpaired) electrons. The van der Waals surface area contributed by atoms with Crippen LogP contribution in [0.4, 0.5) is 0 Å². The van der Waals surface area contributed by atoms with Crippen LogP contribution in [0.25, 0.3) is 0 Å². The first-order valence-corrected chi connectivity index (χ1v) is 15.8. The van der Waals surface area contributed by atoms with Gasteiger partial charge in [0.2, 0.25) is 0 Å². The van der Waals surface area contributed by atoms with Crippen LogP contribution in [0, 0.1) is 13.8 Å². The summed E-state index contributed by atoms with van der Waals surface area (Å²) in [5.74, 6) is -0.572. The highest BCUT2D eigenvalue weighted by Crippen LogP contribution is 2.55. The van der Waals surface area contributed by atoms with E-state index in [-0.39, 0.29) is 34.8 Å². The molecule has 0 heterocycles. The minimum absolute atomic E-state index is 0.0696. The maximum Gasteiger partial charge on any atom is 0.297 e. The molecule has 0 unspecified atom stereocenters. The summed E-state index contributed by atoms with van der Waals surface area (Å²) in [6.07, 6.45) is 0. The third kappa shape index (κ3) is 4.71. The summed E-state index contributed by atoms with van der Waals surface area (Å²) < 4.78 is 63.9. The van der Waals surface area contributed by atoms with E-state index in [1.807, 2.05) is 62.4 Å². The zero-order valence-corrected chi connectivity index (χ0v) is 23.7. The highest BCUT2D eigenvalue weighted by Gasteiger charge is 2.43. The molecular weight excluding hydrogens is 544 g/mol. The Labute approximate surface area is 235 Å². The van der Waals surface area contributed by atoms with Gasteiger partial charge in [-0.25, -0.2) is 0 Å². The SMILES string of the molecule is Cc1ccc(S(=O)(=O)OCC2=C(COS(=O)(=O)c3ccc(C)cc3)C3c4ccccc4C2c2ccccc23)cc1. The van der Waals surface area contributed by atoms with E-state index >= 15 is 0 Å². The molecule has 6 nitrogen and oxygen atoms in total. The van der Waals surface area contributed by atoms with Crippen molar-refractivity contribution in [1.82, 2.24) is 0 Å². The van der Waals surface area contributed by atoms with Crippen LogP contribution in [0.15, 0.2) is 118 Å². The first-order valence-electron chi connectivity index (χ1n) is 13.0. The fourth-order valence-corrected chi connectivity index (χ4v) is 7.49. The molecule has 0 aliphatic heterocycles. The summed E-state index contributed by atoms with van der Waals surface area (Å²) in [5, 5.41) is 0. The molecule has 0 saturated carbocycles. The van der Waals surface area contributed by atoms with Crippen LogP contribution in [-0.4, -0.2) is 30.0 Å². The van der Waals surface area contributed by atoms with Crippen molar-refractivity contribution in [1.29, 1.82) is 0 Å². The van der Waals surface area contributed by atoms with E-state index in [9.17, 15) is 16.8 Å². The predicted octanol–water partition coefficient (Wildman–Crippen LogP) is 6.00. The van der Waals surface area contributed by atoms with Crippen LogP contribution >= 0.6 is 0 Å². The number of hydrogen-bond acceptors (Lipinski definition) is 6. The second kappa shape index (κ2) is 10.1. The van der Waals surface area contributed by atoms with Crippen LogP contribution in [0.2, 0.25) is 0 Å². The van der Waals surface area contributed by atoms with E-state index in [1.165, 1.54) is 24.3 Å². The maximum absolute atomic E-state index is 13.1. The second-order valence-corrected chi connectivity index (χ2v) is 13.5. The third-order valence-corrected chi connectivity index (χ3v) is 10.3. The molecule has 4 aromatic rings. The molecular formula is C32H28O6S2. The molecule has 0 amide bonds. The van der Waals surface area contributed by atoms with Crippen LogP contribution in [-0.2, 0) is 28.6 Å². The zero-order chi connectivity index (χ0) is 28.1. The second-order valence-electron chi connectivity index (χ2n) is 10.2. The van der Waals surface area contributed by atoms with Gasteiger partial charge in [0.1, 0.15) is 0 Å². The molecule has 0 N–H and O–H groups in total. The van der Waals surface area contributed by atoms with Gasteiger partial charge in [-0.05, 0) is 71.5 Å². The average molecular weight is 573 g/mol. The Balaban J connectivity index is 1.41. The molecule has 0 spiro atoms. The van der Waals surface area contributed by atoms with E-state index in [2.05, 4.69) is 0 Å². The Morgan fingerprint density at radius 3 is 1.10 bits per heavy atom. The molecule has 2 bridgehead atoms. The van der Waals surface area contributed by atoms with Gasteiger partial charge >= 0.3 is 0 Å². The Hall–Kier alpha value is -3.56. The molecule has 3 aliphatic carbocycles. The summed E-state index contributed by atoms with van der Waals surface area (Å²) in [7, 11) is -8.11. The van der Waals surface area contributed by atoms with E-state index in [0.29, 0.717) is 11.1 Å². The topological polar surface area (TPSA) is 86.7 Å². The van der Waals surface area contributed by atoms with Gasteiger partial charge in [-0.3, -0.25) is 8.37 Å². The molecule has 0 saturated heterocycles. The van der Waals surface area contributed by atoms with Crippen molar-refractivity contribution in [3.05, 3.63) is 142 Å². The van der Waals surface area contributed by atoms with Crippen LogP contribution in [0.1, 0.15) is 45.2 Å². The number of benzene rings is 4. The molecule has 0 atom stereocenters. The van der Waals surface area contributed by atoms with Gasteiger partial charge in [-0.2, -0.15) is 16.8 Å². The first kappa shape index (κ1) is 26.7. The molecule has 204 valence electrons. The maximum atomic E-state index is 13.1. The summed E-state index contributed by atoms with van der Waals surface area (Å²) in [6.45, 7) is 3.33. The molecule has 0 fully saturated rings. The molecule has 40 heavy (non-hydrogen) atoms. The van der Waals surface area contributed by atoms with Crippen molar-refractivity contribution < 1.29 is 25.2 Å². The van der Waals surface area contributed by atoms with Gasteiger partial charge in [0.15, 0.2) is 0 Å². The fourth-order valence-electron chi connectivity index (χ4n) is 5.71. The zero-order valence-electron chi connectivity index (χ0n) is 22.1. The number of aryl methyl sites for hydroxylation is 2. The van der Waals surface area contributed by atoms with Crippen LogP contribution in [0.5, 0.6) is 0 Å². The van der Waals surface area contributed by atoms with E-state index in [0.717, 1.165) is 33.4 Å². The Morgan fingerprint density at radius 2 is 0.800 bits per heavy atom. The quantitative estimate of drug-likeness (QED) is 0.190. The van der Waals surface area contributed by atoms with Gasteiger partial charge < -0.3 is 0 Å². The van der Waals surface area contributed by atoms with Gasteiger partial charge in [-0.1, -0.05) is 83.9 Å². The van der Waals surface area contributed by atoms with Crippen molar-refractivity contribution in [2.45, 2.75) is 35.5 Å². The number of hydrogen-bond donors (Lipinski definition) is 0. The Morgan fingerprint density at radius 1 is 0.500 bits per heavy atom. The van der Waals surface area contributed by atoms with E-state index in [4.69, 9.17) is 8.37 Å². The summed E-state index contributed by atoms with van der Waals surface area (Å²) >= 11 is 0. The summed E-state index contributed by atoms with van der Waals surface area (Å²) in [6, 6.07) is 29.0. The van der Waals surface area contributed by atoms with E-state index in [1.54, 1.807) is 24.3 Å². The van der Waals surface area contributed by atoms with Crippen LogP contribution < -0.4 is 0 Å². The highest BCUT2D eigenvalue weighted by atomic mass is 32.2. The lowest BCUT2D eigenvalue weighted by Gasteiger charge is -2.43. The van der Waals surface area contributed by atoms with Crippen molar-refractivity contribution in [3.63, 3.8) is 0 Å². The van der Waals surface area contributed by atoms with Crippen LogP contribution in [0.3, 0.4) is 0 Å². The largest absolute Gasteiger partial charge is 0.297 e. The predicted molar refractivity (Wildman–Crippen MR) is 152 cm³/mol. The monoisotopic (exact) mass is 572 g/mol. The van der Waals surface area contributed by atoms with Gasteiger partial charge in [-0.15, -0.1) is 0 Å². The van der Waals surface area contributed by atoms with Gasteiger partial charge in [0, 0.05) is 11.8 Å². The van der Waals surface area contributed by atoms with E-state index < -0.39 is 20.2 Å². The Bertz CT molecular complexity index is 1660. The summed E-state index contributed by atoms with van der Waals surface area (Å²) in [5.41, 5.74) is 7.52. The lowest BCUT2D eigenvalue weighted by molar-refractivity contribution is 0.317. The van der Waals surface area contributed by atoms with Crippen molar-refractivity contribution >= 4 is 20.2 Å². The van der Waals surface area contributed by atoms with Gasteiger partial charge in [0.25, 0.3) is 20.2 Å². The normalized spacial score (nSPS) is 17.9. The number of rotatable bonds is 8. The standard InChI is InChI=1S/C32H28O6S2/c1-21-11-15-23(16-12-21)39(33,34)37-19-29-30(20-38-40(35,36)24-17-13-22(2)14-18-24)32-27-9-5-3-7-25(27)31(29)26-8-4-6-10-28(26)32/h3-18,31-32H,19-20H2,1-2H3. The summed E-state index contributed by atoms with van der Waals surface area (Å²) in [4.78, 5) is 0.139. The Kier molecular flexibility index (Phi) is 6.74. The molecule has 8 heteroatoms. The van der Waals surface area contributed by atoms with Crippen molar-refractivity contribution in [2.24, 2.45) is 0 Å². The molecule has 0 aromatic heterocycles. The first-order chi connectivity index (χ1) is 19.2.